The zero-order valence-corrected chi connectivity index (χ0v) is 12.8. The van der Waals surface area contributed by atoms with Crippen LogP contribution in [-0.4, -0.2) is 33.2 Å². The van der Waals surface area contributed by atoms with E-state index < -0.39 is 0 Å². The van der Waals surface area contributed by atoms with E-state index in [1.165, 1.54) is 0 Å². The smallest absolute Gasteiger partial charge is 0.163 e. The van der Waals surface area contributed by atoms with Gasteiger partial charge >= 0.3 is 0 Å². The molecule has 3 N–H and O–H groups in total. The molecule has 0 unspecified atom stereocenters. The van der Waals surface area contributed by atoms with Gasteiger partial charge in [-0.25, -0.2) is 9.97 Å². The van der Waals surface area contributed by atoms with Crippen molar-refractivity contribution < 1.29 is 5.11 Å². The maximum Gasteiger partial charge on any atom is 0.163 e. The third-order valence-corrected chi connectivity index (χ3v) is 3.81. The molecule has 0 saturated carbocycles. The van der Waals surface area contributed by atoms with E-state index in [9.17, 15) is 0 Å². The predicted molar refractivity (Wildman–Crippen MR) is 89.0 cm³/mol. The van der Waals surface area contributed by atoms with Gasteiger partial charge in [-0.2, -0.15) is 0 Å². The summed E-state index contributed by atoms with van der Waals surface area (Å²) in [5, 5.41) is 13.3. The van der Waals surface area contributed by atoms with Crippen LogP contribution in [0.5, 0.6) is 0 Å². The molecule has 3 aromatic rings. The molecule has 0 atom stereocenters. The van der Waals surface area contributed by atoms with Gasteiger partial charge in [-0.05, 0) is 25.8 Å². The number of nitrogens with one attached hydrogen (secondary N) is 2. The number of hydrogen-bond acceptors (Lipinski definition) is 4. The molecule has 22 heavy (non-hydrogen) atoms. The molecule has 3 rings (SSSR count). The molecule has 0 spiro atoms. The molecule has 114 valence electrons. The second kappa shape index (κ2) is 6.15. The molecule has 0 aliphatic carbocycles. The monoisotopic (exact) mass is 296 g/mol. The summed E-state index contributed by atoms with van der Waals surface area (Å²) in [6.45, 7) is 4.95. The lowest BCUT2D eigenvalue weighted by Crippen LogP contribution is -2.07. The molecule has 0 aliphatic heterocycles. The first-order chi connectivity index (χ1) is 10.7. The first-order valence-electron chi connectivity index (χ1n) is 7.47. The van der Waals surface area contributed by atoms with Crippen molar-refractivity contribution in [2.75, 3.05) is 18.5 Å². The lowest BCUT2D eigenvalue weighted by Gasteiger charge is -2.09. The van der Waals surface area contributed by atoms with Gasteiger partial charge in [0.05, 0.1) is 5.39 Å². The molecule has 1 aromatic carbocycles. The molecule has 5 heteroatoms. The highest BCUT2D eigenvalue weighted by Gasteiger charge is 2.14. The quantitative estimate of drug-likeness (QED) is 0.633. The average molecular weight is 296 g/mol. The van der Waals surface area contributed by atoms with Crippen LogP contribution in [0.3, 0.4) is 0 Å². The van der Waals surface area contributed by atoms with Crippen molar-refractivity contribution in [1.29, 1.82) is 0 Å². The molecule has 0 amide bonds. The standard InChI is InChI=1S/C17H20N4O/c1-11-12(2)19-17-14(11)16(18-9-6-10-22)20-15(21-17)13-7-4-3-5-8-13/h3-5,7-8,22H,6,9-10H2,1-2H3,(H2,18,19,20,21). The van der Waals surface area contributed by atoms with Crippen LogP contribution in [-0.2, 0) is 0 Å². The fourth-order valence-corrected chi connectivity index (χ4v) is 2.50. The van der Waals surface area contributed by atoms with Crippen LogP contribution < -0.4 is 5.32 Å². The zero-order valence-electron chi connectivity index (χ0n) is 12.8. The van der Waals surface area contributed by atoms with Crippen molar-refractivity contribution in [2.45, 2.75) is 20.3 Å². The molecule has 0 aliphatic rings. The number of hydrogen-bond donors (Lipinski definition) is 3. The Morgan fingerprint density at radius 1 is 1.14 bits per heavy atom. The number of anilines is 1. The minimum Gasteiger partial charge on any atom is -0.396 e. The molecular weight excluding hydrogens is 276 g/mol. The van der Waals surface area contributed by atoms with Gasteiger partial charge in [0.15, 0.2) is 5.82 Å². The number of nitrogens with zero attached hydrogens (tertiary/aromatic N) is 2. The summed E-state index contributed by atoms with van der Waals surface area (Å²) in [7, 11) is 0. The van der Waals surface area contributed by atoms with Crippen LogP contribution in [0.2, 0.25) is 0 Å². The number of aliphatic hydroxyl groups excluding tert-OH is 1. The largest absolute Gasteiger partial charge is 0.396 e. The predicted octanol–water partition coefficient (Wildman–Crippen LogP) is 3.04. The van der Waals surface area contributed by atoms with Gasteiger partial charge in [0.25, 0.3) is 0 Å². The van der Waals surface area contributed by atoms with Gasteiger partial charge in [-0.3, -0.25) is 0 Å². The van der Waals surface area contributed by atoms with Crippen LogP contribution in [0.1, 0.15) is 17.7 Å². The summed E-state index contributed by atoms with van der Waals surface area (Å²) in [6, 6.07) is 9.94. The van der Waals surface area contributed by atoms with Crippen molar-refractivity contribution in [3.05, 3.63) is 41.6 Å². The number of aromatic nitrogens is 3. The van der Waals surface area contributed by atoms with E-state index in [-0.39, 0.29) is 6.61 Å². The number of benzene rings is 1. The second-order valence-corrected chi connectivity index (χ2v) is 5.36. The van der Waals surface area contributed by atoms with Crippen LogP contribution in [0, 0.1) is 13.8 Å². The van der Waals surface area contributed by atoms with Gasteiger partial charge in [-0.1, -0.05) is 30.3 Å². The maximum absolute atomic E-state index is 8.97. The van der Waals surface area contributed by atoms with Crippen LogP contribution in [0.4, 0.5) is 5.82 Å². The van der Waals surface area contributed by atoms with E-state index in [4.69, 9.17) is 10.1 Å². The SMILES string of the molecule is Cc1[nH]c2nc(-c3ccccc3)nc(NCCCO)c2c1C. The number of aryl methyl sites for hydroxylation is 2. The molecule has 5 nitrogen and oxygen atoms in total. The third kappa shape index (κ3) is 2.67. The van der Waals surface area contributed by atoms with Crippen molar-refractivity contribution in [1.82, 2.24) is 15.0 Å². The van der Waals surface area contributed by atoms with E-state index in [1.54, 1.807) is 0 Å². The molecule has 0 bridgehead atoms. The minimum absolute atomic E-state index is 0.165. The Balaban J connectivity index is 2.12. The summed E-state index contributed by atoms with van der Waals surface area (Å²) < 4.78 is 0. The lowest BCUT2D eigenvalue weighted by atomic mass is 10.2. The molecule has 2 aromatic heterocycles. The van der Waals surface area contributed by atoms with Crippen molar-refractivity contribution >= 4 is 16.9 Å². The summed E-state index contributed by atoms with van der Waals surface area (Å²) in [4.78, 5) is 12.7. The van der Waals surface area contributed by atoms with Gasteiger partial charge in [0.1, 0.15) is 11.5 Å². The van der Waals surface area contributed by atoms with E-state index >= 15 is 0 Å². The Morgan fingerprint density at radius 3 is 2.64 bits per heavy atom. The van der Waals surface area contributed by atoms with E-state index in [2.05, 4.69) is 22.2 Å². The number of aromatic amines is 1. The Bertz CT molecular complexity index is 780. The summed E-state index contributed by atoms with van der Waals surface area (Å²) in [6.07, 6.45) is 0.689. The topological polar surface area (TPSA) is 73.8 Å². The minimum atomic E-state index is 0.165. The van der Waals surface area contributed by atoms with Gasteiger partial charge in [0, 0.05) is 24.4 Å². The highest BCUT2D eigenvalue weighted by molar-refractivity contribution is 5.92. The Labute approximate surface area is 129 Å². The molecule has 2 heterocycles. The average Bonchev–Trinajstić information content (AvgIpc) is 2.83. The Kier molecular flexibility index (Phi) is 4.06. The fourth-order valence-electron chi connectivity index (χ4n) is 2.50. The first-order valence-corrected chi connectivity index (χ1v) is 7.47. The van der Waals surface area contributed by atoms with Crippen molar-refractivity contribution in [2.24, 2.45) is 0 Å². The van der Waals surface area contributed by atoms with Gasteiger partial charge in [-0.15, -0.1) is 0 Å². The van der Waals surface area contributed by atoms with Crippen molar-refractivity contribution in [3.63, 3.8) is 0 Å². The summed E-state index contributed by atoms with van der Waals surface area (Å²) >= 11 is 0. The highest BCUT2D eigenvalue weighted by atomic mass is 16.3. The van der Waals surface area contributed by atoms with E-state index in [1.807, 2.05) is 37.3 Å². The number of H-pyrrole nitrogens is 1. The number of fused-ring (bicyclic) bond motifs is 1. The Morgan fingerprint density at radius 2 is 1.91 bits per heavy atom. The molecule has 0 saturated heterocycles. The number of rotatable bonds is 5. The maximum atomic E-state index is 8.97. The van der Waals surface area contributed by atoms with Crippen molar-refractivity contribution in [3.8, 4) is 11.4 Å². The lowest BCUT2D eigenvalue weighted by molar-refractivity contribution is 0.292. The first kappa shape index (κ1) is 14.5. The highest BCUT2D eigenvalue weighted by Crippen LogP contribution is 2.29. The summed E-state index contributed by atoms with van der Waals surface area (Å²) in [5.74, 6) is 1.51. The fraction of sp³-hybridized carbons (Fsp3) is 0.294. The van der Waals surface area contributed by atoms with Crippen LogP contribution >= 0.6 is 0 Å². The van der Waals surface area contributed by atoms with E-state index in [0.29, 0.717) is 18.8 Å². The Hall–Kier alpha value is -2.40. The van der Waals surface area contributed by atoms with E-state index in [0.717, 1.165) is 33.7 Å². The normalized spacial score (nSPS) is 11.0. The van der Waals surface area contributed by atoms with Gasteiger partial charge in [0.2, 0.25) is 0 Å². The second-order valence-electron chi connectivity index (χ2n) is 5.36. The molecule has 0 fully saturated rings. The zero-order chi connectivity index (χ0) is 15.5. The molecular formula is C17H20N4O. The third-order valence-electron chi connectivity index (χ3n) is 3.81. The molecule has 0 radical (unpaired) electrons. The summed E-state index contributed by atoms with van der Waals surface area (Å²) in [5.41, 5.74) is 4.08. The van der Waals surface area contributed by atoms with Crippen LogP contribution in [0.15, 0.2) is 30.3 Å². The number of aliphatic hydroxyl groups is 1. The van der Waals surface area contributed by atoms with Gasteiger partial charge < -0.3 is 15.4 Å². The van der Waals surface area contributed by atoms with Crippen LogP contribution in [0.25, 0.3) is 22.4 Å².